The van der Waals surface area contributed by atoms with Gasteiger partial charge in [0.1, 0.15) is 17.3 Å². The number of carbonyl (C=O) groups is 1. The quantitative estimate of drug-likeness (QED) is 0.897. The van der Waals surface area contributed by atoms with Crippen LogP contribution in [0, 0.1) is 5.82 Å². The number of amides is 1. The fourth-order valence-electron chi connectivity index (χ4n) is 1.72. The first kappa shape index (κ1) is 12.5. The lowest BCUT2D eigenvalue weighted by atomic mass is 10.3. The predicted molar refractivity (Wildman–Crippen MR) is 73.0 cm³/mol. The van der Waals surface area contributed by atoms with E-state index < -0.39 is 11.7 Å². The molecule has 1 aliphatic carbocycles. The van der Waals surface area contributed by atoms with Crippen LogP contribution < -0.4 is 10.6 Å². The van der Waals surface area contributed by atoms with Crippen molar-refractivity contribution in [2.75, 3.05) is 10.6 Å². The van der Waals surface area contributed by atoms with Gasteiger partial charge in [-0.3, -0.25) is 4.79 Å². The Morgan fingerprint density at radius 3 is 2.75 bits per heavy atom. The molecule has 20 heavy (non-hydrogen) atoms. The van der Waals surface area contributed by atoms with Gasteiger partial charge in [0, 0.05) is 11.7 Å². The molecule has 102 valence electrons. The van der Waals surface area contributed by atoms with Gasteiger partial charge >= 0.3 is 0 Å². The second-order valence-electron chi connectivity index (χ2n) is 4.67. The maximum atomic E-state index is 13.0. The smallest absolute Gasteiger partial charge is 0.275 e. The summed E-state index contributed by atoms with van der Waals surface area (Å²) in [6.07, 6.45) is 5.21. The molecule has 1 amide bonds. The van der Waals surface area contributed by atoms with Gasteiger partial charge in [0.05, 0.1) is 12.4 Å². The Hall–Kier alpha value is -2.50. The molecule has 0 aliphatic heterocycles. The van der Waals surface area contributed by atoms with Crippen LogP contribution >= 0.6 is 0 Å². The number of aromatic nitrogens is 2. The average molecular weight is 272 g/mol. The normalized spacial score (nSPS) is 13.8. The first-order valence-corrected chi connectivity index (χ1v) is 6.36. The van der Waals surface area contributed by atoms with Crippen LogP contribution in [0.3, 0.4) is 0 Å². The summed E-state index contributed by atoms with van der Waals surface area (Å²) >= 11 is 0. The Morgan fingerprint density at radius 2 is 2.10 bits per heavy atom. The molecule has 3 rings (SSSR count). The molecule has 1 aliphatic rings. The van der Waals surface area contributed by atoms with E-state index in [4.69, 9.17) is 0 Å². The largest absolute Gasteiger partial charge is 0.366 e. The molecule has 0 bridgehead atoms. The van der Waals surface area contributed by atoms with Crippen LogP contribution in [0.1, 0.15) is 23.3 Å². The summed E-state index contributed by atoms with van der Waals surface area (Å²) < 4.78 is 13.0. The average Bonchev–Trinajstić information content (AvgIpc) is 3.23. The number of nitrogens with one attached hydrogen (secondary N) is 2. The minimum atomic E-state index is -0.416. The van der Waals surface area contributed by atoms with Gasteiger partial charge in [-0.15, -0.1) is 0 Å². The second-order valence-corrected chi connectivity index (χ2v) is 4.67. The van der Waals surface area contributed by atoms with Gasteiger partial charge in [0.15, 0.2) is 0 Å². The van der Waals surface area contributed by atoms with Crippen molar-refractivity contribution >= 4 is 17.4 Å². The Balaban J connectivity index is 1.66. The maximum absolute atomic E-state index is 13.0. The first-order valence-electron chi connectivity index (χ1n) is 6.36. The minimum Gasteiger partial charge on any atom is -0.366 e. The molecule has 1 aromatic heterocycles. The molecule has 1 saturated carbocycles. The zero-order valence-electron chi connectivity index (χ0n) is 10.6. The number of nitrogens with zero attached hydrogens (tertiary/aromatic N) is 2. The molecule has 2 aromatic rings. The van der Waals surface area contributed by atoms with Crippen LogP contribution in [0.15, 0.2) is 36.7 Å². The Morgan fingerprint density at radius 1 is 1.25 bits per heavy atom. The van der Waals surface area contributed by atoms with Crippen molar-refractivity contribution in [1.29, 1.82) is 0 Å². The van der Waals surface area contributed by atoms with Gasteiger partial charge in [-0.25, -0.2) is 14.4 Å². The lowest BCUT2D eigenvalue weighted by Gasteiger charge is -2.06. The molecule has 0 unspecified atom stereocenters. The third-order valence-corrected chi connectivity index (χ3v) is 2.90. The molecule has 1 fully saturated rings. The van der Waals surface area contributed by atoms with Crippen molar-refractivity contribution in [3.8, 4) is 0 Å². The number of hydrogen-bond acceptors (Lipinski definition) is 4. The highest BCUT2D eigenvalue weighted by Crippen LogP contribution is 2.23. The van der Waals surface area contributed by atoms with Crippen LogP contribution in [0.4, 0.5) is 15.9 Å². The SMILES string of the molecule is O=C(Nc1cccc(F)c1)c1cnc(NC2CC2)cn1. The number of rotatable bonds is 4. The van der Waals surface area contributed by atoms with Crippen molar-refractivity contribution in [2.45, 2.75) is 18.9 Å². The molecular weight excluding hydrogens is 259 g/mol. The van der Waals surface area contributed by atoms with E-state index in [1.807, 2.05) is 0 Å². The molecule has 0 spiro atoms. The van der Waals surface area contributed by atoms with Gasteiger partial charge < -0.3 is 10.6 Å². The molecule has 0 atom stereocenters. The van der Waals surface area contributed by atoms with Gasteiger partial charge in [-0.1, -0.05) is 6.07 Å². The first-order chi connectivity index (χ1) is 9.70. The summed E-state index contributed by atoms with van der Waals surface area (Å²) in [7, 11) is 0. The number of anilines is 2. The zero-order valence-corrected chi connectivity index (χ0v) is 10.6. The van der Waals surface area contributed by atoms with Crippen LogP contribution in [0.2, 0.25) is 0 Å². The number of halogens is 1. The molecule has 5 nitrogen and oxygen atoms in total. The minimum absolute atomic E-state index is 0.190. The fourth-order valence-corrected chi connectivity index (χ4v) is 1.72. The van der Waals surface area contributed by atoms with Crippen molar-refractivity contribution < 1.29 is 9.18 Å². The highest BCUT2D eigenvalue weighted by atomic mass is 19.1. The van der Waals surface area contributed by atoms with Gasteiger partial charge in [-0.05, 0) is 31.0 Å². The van der Waals surface area contributed by atoms with Crippen LogP contribution in [0.25, 0.3) is 0 Å². The summed E-state index contributed by atoms with van der Waals surface area (Å²) in [6.45, 7) is 0. The summed E-state index contributed by atoms with van der Waals surface area (Å²) in [6, 6.07) is 6.18. The molecule has 0 radical (unpaired) electrons. The zero-order chi connectivity index (χ0) is 13.9. The molecule has 2 N–H and O–H groups in total. The van der Waals surface area contributed by atoms with Crippen LogP contribution in [-0.2, 0) is 0 Å². The summed E-state index contributed by atoms with van der Waals surface area (Å²) in [5, 5.41) is 5.75. The fraction of sp³-hybridized carbons (Fsp3) is 0.214. The van der Waals surface area contributed by atoms with E-state index in [1.165, 1.54) is 30.6 Å². The summed E-state index contributed by atoms with van der Waals surface area (Å²) in [5.41, 5.74) is 0.576. The lowest BCUT2D eigenvalue weighted by molar-refractivity contribution is 0.102. The molecule has 1 heterocycles. The highest BCUT2D eigenvalue weighted by molar-refractivity contribution is 6.02. The number of carbonyl (C=O) groups excluding carboxylic acids is 1. The van der Waals surface area contributed by atoms with Crippen molar-refractivity contribution in [2.24, 2.45) is 0 Å². The van der Waals surface area contributed by atoms with Gasteiger partial charge in [-0.2, -0.15) is 0 Å². The van der Waals surface area contributed by atoms with Crippen molar-refractivity contribution in [3.05, 3.63) is 48.2 Å². The van der Waals surface area contributed by atoms with Crippen molar-refractivity contribution in [3.63, 3.8) is 0 Å². The van der Waals surface area contributed by atoms with E-state index in [0.29, 0.717) is 17.5 Å². The molecule has 0 saturated heterocycles. The standard InChI is InChI=1S/C14H13FN4O/c15-9-2-1-3-11(6-9)19-14(20)12-7-17-13(8-16-12)18-10-4-5-10/h1-3,6-8,10H,4-5H2,(H,17,18)(H,19,20). The highest BCUT2D eigenvalue weighted by Gasteiger charge is 2.21. The number of benzene rings is 1. The second kappa shape index (κ2) is 5.24. The Labute approximate surface area is 115 Å². The van der Waals surface area contributed by atoms with Crippen LogP contribution in [-0.4, -0.2) is 21.9 Å². The van der Waals surface area contributed by atoms with E-state index in [1.54, 1.807) is 6.07 Å². The van der Waals surface area contributed by atoms with E-state index in [2.05, 4.69) is 20.6 Å². The number of hydrogen-bond donors (Lipinski definition) is 2. The monoisotopic (exact) mass is 272 g/mol. The molecular formula is C14H13FN4O. The predicted octanol–water partition coefficient (Wildman–Crippen LogP) is 2.44. The Bertz CT molecular complexity index is 625. The molecule has 6 heteroatoms. The Kier molecular flexibility index (Phi) is 3.28. The third-order valence-electron chi connectivity index (χ3n) is 2.90. The van der Waals surface area contributed by atoms with Gasteiger partial charge in [0.25, 0.3) is 5.91 Å². The summed E-state index contributed by atoms with van der Waals surface area (Å²) in [4.78, 5) is 20.1. The van der Waals surface area contributed by atoms with Gasteiger partial charge in [0.2, 0.25) is 0 Å². The van der Waals surface area contributed by atoms with E-state index >= 15 is 0 Å². The van der Waals surface area contributed by atoms with E-state index in [0.717, 1.165) is 12.8 Å². The maximum Gasteiger partial charge on any atom is 0.275 e. The third kappa shape index (κ3) is 3.09. The summed E-state index contributed by atoms with van der Waals surface area (Å²) in [5.74, 6) is -0.159. The molecule has 1 aromatic carbocycles. The van der Waals surface area contributed by atoms with Crippen LogP contribution in [0.5, 0.6) is 0 Å². The lowest BCUT2D eigenvalue weighted by Crippen LogP contribution is -2.14. The van der Waals surface area contributed by atoms with E-state index in [-0.39, 0.29) is 5.69 Å². The van der Waals surface area contributed by atoms with E-state index in [9.17, 15) is 9.18 Å². The van der Waals surface area contributed by atoms with Crippen molar-refractivity contribution in [1.82, 2.24) is 9.97 Å². The topological polar surface area (TPSA) is 66.9 Å².